The highest BCUT2D eigenvalue weighted by molar-refractivity contribution is 9.10. The van der Waals surface area contributed by atoms with E-state index in [0.29, 0.717) is 10.0 Å². The van der Waals surface area contributed by atoms with Crippen LogP contribution >= 0.6 is 28.1 Å². The average molecular weight is 396 g/mol. The van der Waals surface area contributed by atoms with Gasteiger partial charge in [-0.25, -0.2) is 4.39 Å². The molecule has 2 amide bonds. The molecule has 0 spiro atoms. The number of nitrogens with one attached hydrogen (secondary N) is 3. The quantitative estimate of drug-likeness (QED) is 0.539. The average Bonchev–Trinajstić information content (AvgIpc) is 2.53. The standard InChI is InChI=1S/C15H11BrFN3O2S/c16-12-4-2-1-3-11(12)14(22)19-20-15(23)18-13(21)9-5-7-10(17)8-6-9/h1-8H,(H,19,22)(H2,18,20,21,23). The topological polar surface area (TPSA) is 70.2 Å². The number of thiocarbonyl (C=S) groups is 1. The maximum atomic E-state index is 12.8. The first kappa shape index (κ1) is 17.0. The Morgan fingerprint density at radius 1 is 0.957 bits per heavy atom. The SMILES string of the molecule is O=C(NC(=S)NNC(=O)c1ccccc1Br)c1ccc(F)cc1. The van der Waals surface area contributed by atoms with Crippen LogP contribution in [0.2, 0.25) is 0 Å². The van der Waals surface area contributed by atoms with Gasteiger partial charge in [-0.2, -0.15) is 0 Å². The molecule has 0 unspecified atom stereocenters. The third kappa shape index (κ3) is 4.83. The summed E-state index contributed by atoms with van der Waals surface area (Å²) in [7, 11) is 0. The van der Waals surface area contributed by atoms with Crippen LogP contribution in [0.15, 0.2) is 53.0 Å². The molecule has 0 saturated carbocycles. The van der Waals surface area contributed by atoms with Crippen molar-refractivity contribution in [3.05, 3.63) is 69.9 Å². The second-order valence-corrected chi connectivity index (χ2v) is 5.61. The zero-order valence-electron chi connectivity index (χ0n) is 11.6. The highest BCUT2D eigenvalue weighted by Crippen LogP contribution is 2.15. The van der Waals surface area contributed by atoms with Crippen LogP contribution in [0.1, 0.15) is 20.7 Å². The van der Waals surface area contributed by atoms with Crippen LogP contribution in [-0.4, -0.2) is 16.9 Å². The van der Waals surface area contributed by atoms with Crippen LogP contribution in [0.25, 0.3) is 0 Å². The van der Waals surface area contributed by atoms with Gasteiger partial charge in [0.2, 0.25) is 0 Å². The van der Waals surface area contributed by atoms with Crippen molar-refractivity contribution in [2.75, 3.05) is 0 Å². The predicted octanol–water partition coefficient (Wildman–Crippen LogP) is 2.54. The Hall–Kier alpha value is -2.32. The molecule has 0 heterocycles. The summed E-state index contributed by atoms with van der Waals surface area (Å²) >= 11 is 8.17. The van der Waals surface area contributed by atoms with E-state index in [2.05, 4.69) is 32.1 Å². The van der Waals surface area contributed by atoms with Gasteiger partial charge >= 0.3 is 0 Å². The smallest absolute Gasteiger partial charge is 0.270 e. The Morgan fingerprint density at radius 2 is 1.61 bits per heavy atom. The third-order valence-corrected chi connectivity index (χ3v) is 3.64. The maximum Gasteiger partial charge on any atom is 0.270 e. The first-order valence-corrected chi connectivity index (χ1v) is 7.59. The number of hydrogen-bond donors (Lipinski definition) is 3. The van der Waals surface area contributed by atoms with Crippen LogP contribution in [0, 0.1) is 5.82 Å². The van der Waals surface area contributed by atoms with Gasteiger partial charge in [0, 0.05) is 10.0 Å². The number of halogens is 2. The Kier molecular flexibility index (Phi) is 5.78. The van der Waals surface area contributed by atoms with Crippen LogP contribution in [0.5, 0.6) is 0 Å². The number of carbonyl (C=O) groups excluding carboxylic acids is 2. The monoisotopic (exact) mass is 395 g/mol. The molecule has 8 heteroatoms. The zero-order chi connectivity index (χ0) is 16.8. The lowest BCUT2D eigenvalue weighted by atomic mass is 10.2. The number of hydrogen-bond acceptors (Lipinski definition) is 3. The van der Waals surface area contributed by atoms with E-state index >= 15 is 0 Å². The summed E-state index contributed by atoms with van der Waals surface area (Å²) in [5.74, 6) is -1.38. The molecule has 23 heavy (non-hydrogen) atoms. The van der Waals surface area contributed by atoms with E-state index < -0.39 is 17.6 Å². The zero-order valence-corrected chi connectivity index (χ0v) is 14.0. The fraction of sp³-hybridized carbons (Fsp3) is 0. The van der Waals surface area contributed by atoms with E-state index in [-0.39, 0.29) is 10.7 Å². The molecular weight excluding hydrogens is 385 g/mol. The molecule has 3 N–H and O–H groups in total. The van der Waals surface area contributed by atoms with E-state index in [9.17, 15) is 14.0 Å². The van der Waals surface area contributed by atoms with Crippen molar-refractivity contribution in [3.63, 3.8) is 0 Å². The van der Waals surface area contributed by atoms with Crippen molar-refractivity contribution in [1.29, 1.82) is 0 Å². The molecule has 0 radical (unpaired) electrons. The van der Waals surface area contributed by atoms with Gasteiger partial charge in [-0.3, -0.25) is 25.8 Å². The summed E-state index contributed by atoms with van der Waals surface area (Å²) in [4.78, 5) is 23.8. The fourth-order valence-corrected chi connectivity index (χ4v) is 2.24. The van der Waals surface area contributed by atoms with E-state index in [0.717, 1.165) is 0 Å². The summed E-state index contributed by atoms with van der Waals surface area (Å²) in [6.07, 6.45) is 0. The van der Waals surface area contributed by atoms with Crippen molar-refractivity contribution < 1.29 is 14.0 Å². The van der Waals surface area contributed by atoms with E-state index in [1.807, 2.05) is 0 Å². The molecule has 0 atom stereocenters. The van der Waals surface area contributed by atoms with Crippen molar-refractivity contribution in [1.82, 2.24) is 16.2 Å². The molecule has 118 valence electrons. The number of amides is 2. The molecule has 0 aliphatic heterocycles. The normalized spacial score (nSPS) is 9.83. The van der Waals surface area contributed by atoms with Gasteiger partial charge in [0.1, 0.15) is 5.82 Å². The first-order chi connectivity index (χ1) is 11.0. The molecule has 0 fully saturated rings. The number of benzene rings is 2. The van der Waals surface area contributed by atoms with E-state index in [4.69, 9.17) is 12.2 Å². The van der Waals surface area contributed by atoms with Crippen molar-refractivity contribution in [2.24, 2.45) is 0 Å². The van der Waals surface area contributed by atoms with Gasteiger partial charge in [-0.05, 0) is 64.5 Å². The van der Waals surface area contributed by atoms with Gasteiger partial charge in [0.05, 0.1) is 5.56 Å². The summed E-state index contributed by atoms with van der Waals surface area (Å²) in [6.45, 7) is 0. The highest BCUT2D eigenvalue weighted by atomic mass is 79.9. The van der Waals surface area contributed by atoms with Crippen LogP contribution in [0.3, 0.4) is 0 Å². The van der Waals surface area contributed by atoms with Gasteiger partial charge in [-0.1, -0.05) is 12.1 Å². The third-order valence-electron chi connectivity index (χ3n) is 2.74. The minimum atomic E-state index is -0.516. The van der Waals surface area contributed by atoms with E-state index in [1.54, 1.807) is 24.3 Å². The number of rotatable bonds is 2. The molecule has 0 aromatic heterocycles. The predicted molar refractivity (Wildman–Crippen MR) is 91.2 cm³/mol. The van der Waals surface area contributed by atoms with Crippen molar-refractivity contribution in [2.45, 2.75) is 0 Å². The summed E-state index contributed by atoms with van der Waals surface area (Å²) in [5.41, 5.74) is 5.45. The summed E-state index contributed by atoms with van der Waals surface area (Å²) in [5, 5.41) is 2.29. The van der Waals surface area contributed by atoms with Crippen molar-refractivity contribution >= 4 is 45.1 Å². The Balaban J connectivity index is 1.88. The molecular formula is C15H11BrFN3O2S. The molecule has 2 aromatic rings. The molecule has 0 aliphatic carbocycles. The van der Waals surface area contributed by atoms with Crippen molar-refractivity contribution in [3.8, 4) is 0 Å². The van der Waals surface area contributed by atoms with E-state index in [1.165, 1.54) is 24.3 Å². The summed E-state index contributed by atoms with van der Waals surface area (Å²) < 4.78 is 13.4. The largest absolute Gasteiger partial charge is 0.298 e. The minimum Gasteiger partial charge on any atom is -0.298 e. The van der Waals surface area contributed by atoms with Crippen LogP contribution in [0.4, 0.5) is 4.39 Å². The van der Waals surface area contributed by atoms with Gasteiger partial charge < -0.3 is 0 Å². The second-order valence-electron chi connectivity index (χ2n) is 4.35. The lowest BCUT2D eigenvalue weighted by Crippen LogP contribution is -2.48. The lowest BCUT2D eigenvalue weighted by Gasteiger charge is -2.11. The Bertz CT molecular complexity index is 753. The van der Waals surface area contributed by atoms with Gasteiger partial charge in [-0.15, -0.1) is 0 Å². The highest BCUT2D eigenvalue weighted by Gasteiger charge is 2.11. The fourth-order valence-electron chi connectivity index (χ4n) is 1.63. The number of carbonyl (C=O) groups is 2. The van der Waals surface area contributed by atoms with Gasteiger partial charge in [0.15, 0.2) is 5.11 Å². The molecule has 0 saturated heterocycles. The molecule has 2 rings (SSSR count). The first-order valence-electron chi connectivity index (χ1n) is 6.39. The minimum absolute atomic E-state index is 0.0836. The summed E-state index contributed by atoms with van der Waals surface area (Å²) in [6, 6.07) is 11.8. The lowest BCUT2D eigenvalue weighted by molar-refractivity contribution is 0.0934. The second kappa shape index (κ2) is 7.80. The maximum absolute atomic E-state index is 12.8. The molecule has 0 aliphatic rings. The molecule has 5 nitrogen and oxygen atoms in total. The van der Waals surface area contributed by atoms with Crippen LogP contribution in [-0.2, 0) is 0 Å². The van der Waals surface area contributed by atoms with Crippen LogP contribution < -0.4 is 16.2 Å². The molecule has 2 aromatic carbocycles. The van der Waals surface area contributed by atoms with Gasteiger partial charge in [0.25, 0.3) is 11.8 Å². The molecule has 0 bridgehead atoms. The Labute approximate surface area is 145 Å². The Morgan fingerprint density at radius 3 is 2.26 bits per heavy atom. The number of hydrazine groups is 1.